The van der Waals surface area contributed by atoms with E-state index < -0.39 is 0 Å². The molecule has 0 spiro atoms. The fraction of sp³-hybridized carbons (Fsp3) is 0.750. The SMILES string of the molecule is C1=NCN=N1.CC. The molecule has 0 N–H and O–H groups in total. The molecule has 1 heterocycles. The molecular formula is C4H9N3. The van der Waals surface area contributed by atoms with E-state index in [1.165, 1.54) is 6.34 Å². The van der Waals surface area contributed by atoms with E-state index in [0.717, 1.165) is 0 Å². The summed E-state index contributed by atoms with van der Waals surface area (Å²) < 4.78 is 0. The molecular weight excluding hydrogens is 90.1 g/mol. The van der Waals surface area contributed by atoms with Crippen molar-refractivity contribution in [2.45, 2.75) is 13.8 Å². The Morgan fingerprint density at radius 1 is 1.43 bits per heavy atom. The maximum absolute atomic E-state index is 3.62. The number of nitrogens with zero attached hydrogens (tertiary/aromatic N) is 3. The quantitative estimate of drug-likeness (QED) is 0.441. The normalized spacial score (nSPS) is 13.4. The highest BCUT2D eigenvalue weighted by Crippen LogP contribution is 1.80. The van der Waals surface area contributed by atoms with Crippen molar-refractivity contribution in [1.29, 1.82) is 0 Å². The summed E-state index contributed by atoms with van der Waals surface area (Å²) in [4.78, 5) is 3.62. The predicted molar refractivity (Wildman–Crippen MR) is 29.6 cm³/mol. The van der Waals surface area contributed by atoms with Crippen LogP contribution >= 0.6 is 0 Å². The van der Waals surface area contributed by atoms with Crippen molar-refractivity contribution in [1.82, 2.24) is 0 Å². The Balaban J connectivity index is 0.000000162. The lowest BCUT2D eigenvalue weighted by molar-refractivity contribution is 1.05. The zero-order chi connectivity index (χ0) is 5.54. The van der Waals surface area contributed by atoms with E-state index >= 15 is 0 Å². The van der Waals surface area contributed by atoms with Crippen LogP contribution in [0, 0.1) is 0 Å². The molecule has 0 saturated heterocycles. The minimum atomic E-state index is 0.528. The summed E-state index contributed by atoms with van der Waals surface area (Å²) in [6.45, 7) is 4.53. The highest BCUT2D eigenvalue weighted by atomic mass is 15.2. The number of rotatable bonds is 0. The molecule has 7 heavy (non-hydrogen) atoms. The van der Waals surface area contributed by atoms with Gasteiger partial charge in [0.2, 0.25) is 0 Å². The van der Waals surface area contributed by atoms with Crippen molar-refractivity contribution in [2.24, 2.45) is 15.2 Å². The zero-order valence-corrected chi connectivity index (χ0v) is 4.63. The summed E-state index contributed by atoms with van der Waals surface area (Å²) in [5.41, 5.74) is 0. The molecule has 0 fully saturated rings. The molecule has 0 atom stereocenters. The zero-order valence-electron chi connectivity index (χ0n) is 4.63. The predicted octanol–water partition coefficient (Wildman–Crippen LogP) is 1.46. The molecule has 0 radical (unpaired) electrons. The lowest BCUT2D eigenvalue weighted by Crippen LogP contribution is -1.54. The first-order chi connectivity index (χ1) is 3.50. The van der Waals surface area contributed by atoms with Crippen molar-refractivity contribution in [3.63, 3.8) is 0 Å². The van der Waals surface area contributed by atoms with Crippen LogP contribution in [0.3, 0.4) is 0 Å². The highest BCUT2D eigenvalue weighted by Gasteiger charge is 1.74. The largest absolute Gasteiger partial charge is 0.246 e. The lowest BCUT2D eigenvalue weighted by Gasteiger charge is -1.57. The summed E-state index contributed by atoms with van der Waals surface area (Å²) in [7, 11) is 0. The minimum absolute atomic E-state index is 0.528. The number of aliphatic imine (C=N–C) groups is 1. The van der Waals surface area contributed by atoms with Gasteiger partial charge in [-0.15, -0.1) is 5.11 Å². The van der Waals surface area contributed by atoms with Crippen LogP contribution < -0.4 is 0 Å². The Morgan fingerprint density at radius 3 is 2.29 bits per heavy atom. The summed E-state index contributed by atoms with van der Waals surface area (Å²) >= 11 is 0. The molecule has 0 aromatic heterocycles. The van der Waals surface area contributed by atoms with E-state index in [2.05, 4.69) is 15.2 Å². The van der Waals surface area contributed by atoms with E-state index in [-0.39, 0.29) is 0 Å². The molecule has 0 bridgehead atoms. The van der Waals surface area contributed by atoms with E-state index in [4.69, 9.17) is 0 Å². The molecule has 0 saturated carbocycles. The van der Waals surface area contributed by atoms with Crippen molar-refractivity contribution < 1.29 is 0 Å². The van der Waals surface area contributed by atoms with Gasteiger partial charge in [-0.3, -0.25) is 0 Å². The molecule has 0 unspecified atom stereocenters. The fourth-order valence-electron chi connectivity index (χ4n) is 0.183. The summed E-state index contributed by atoms with van der Waals surface area (Å²) in [5, 5.41) is 6.90. The Bertz CT molecular complexity index is 65.0. The van der Waals surface area contributed by atoms with Crippen LogP contribution in [0.5, 0.6) is 0 Å². The third-order valence-corrected chi connectivity index (χ3v) is 0.360. The van der Waals surface area contributed by atoms with Crippen LogP contribution in [0.4, 0.5) is 0 Å². The van der Waals surface area contributed by atoms with Gasteiger partial charge in [0.05, 0.1) is 0 Å². The summed E-state index contributed by atoms with van der Waals surface area (Å²) in [5.74, 6) is 0. The molecule has 1 aliphatic heterocycles. The first-order valence-electron chi connectivity index (χ1n) is 2.35. The van der Waals surface area contributed by atoms with Crippen LogP contribution in [0.1, 0.15) is 13.8 Å². The van der Waals surface area contributed by atoms with E-state index in [0.29, 0.717) is 6.67 Å². The van der Waals surface area contributed by atoms with Crippen LogP contribution in [0.15, 0.2) is 15.2 Å². The maximum Gasteiger partial charge on any atom is 0.152 e. The molecule has 3 nitrogen and oxygen atoms in total. The lowest BCUT2D eigenvalue weighted by atomic mass is 11.0. The molecule has 0 aliphatic carbocycles. The maximum atomic E-state index is 3.62. The summed E-state index contributed by atoms with van der Waals surface area (Å²) in [6.07, 6.45) is 1.44. The van der Waals surface area contributed by atoms with Gasteiger partial charge in [0.25, 0.3) is 0 Å². The average Bonchev–Trinajstić information content (AvgIpc) is 2.23. The van der Waals surface area contributed by atoms with E-state index in [1.807, 2.05) is 13.8 Å². The minimum Gasteiger partial charge on any atom is -0.246 e. The second kappa shape index (κ2) is 5.27. The first kappa shape index (κ1) is 6.27. The Hall–Kier alpha value is -0.730. The third-order valence-electron chi connectivity index (χ3n) is 0.360. The van der Waals surface area contributed by atoms with Gasteiger partial charge in [0, 0.05) is 0 Å². The molecule has 1 rings (SSSR count). The third kappa shape index (κ3) is 3.09. The van der Waals surface area contributed by atoms with Gasteiger partial charge in [-0.1, -0.05) is 13.8 Å². The topological polar surface area (TPSA) is 37.1 Å². The monoisotopic (exact) mass is 99.1 g/mol. The van der Waals surface area contributed by atoms with Gasteiger partial charge >= 0.3 is 0 Å². The molecule has 1 aliphatic rings. The van der Waals surface area contributed by atoms with Crippen molar-refractivity contribution in [3.05, 3.63) is 0 Å². The van der Waals surface area contributed by atoms with E-state index in [9.17, 15) is 0 Å². The number of hydrogen-bond donors (Lipinski definition) is 0. The fourth-order valence-corrected chi connectivity index (χ4v) is 0.183. The van der Waals surface area contributed by atoms with Gasteiger partial charge in [0.15, 0.2) is 6.67 Å². The van der Waals surface area contributed by atoms with Crippen LogP contribution in [0.25, 0.3) is 0 Å². The first-order valence-corrected chi connectivity index (χ1v) is 2.35. The van der Waals surface area contributed by atoms with Gasteiger partial charge < -0.3 is 0 Å². The highest BCUT2D eigenvalue weighted by molar-refractivity contribution is 5.55. The van der Waals surface area contributed by atoms with Crippen molar-refractivity contribution >= 4 is 6.34 Å². The summed E-state index contributed by atoms with van der Waals surface area (Å²) in [6, 6.07) is 0. The Kier molecular flexibility index (Phi) is 4.72. The van der Waals surface area contributed by atoms with Gasteiger partial charge in [-0.25, -0.2) is 4.99 Å². The molecule has 0 aromatic rings. The van der Waals surface area contributed by atoms with Gasteiger partial charge in [-0.05, 0) is 0 Å². The Labute approximate surface area is 43.2 Å². The van der Waals surface area contributed by atoms with Crippen LogP contribution in [-0.2, 0) is 0 Å². The van der Waals surface area contributed by atoms with Crippen molar-refractivity contribution in [2.75, 3.05) is 6.67 Å². The number of hydrogen-bond acceptors (Lipinski definition) is 3. The second-order valence-corrected chi connectivity index (χ2v) is 0.696. The molecule has 3 heteroatoms. The molecule has 0 amide bonds. The molecule has 40 valence electrons. The standard InChI is InChI=1S/C2H3N3.C2H6/c1-3-2-5-4-1;1-2/h1H,2H2;1-2H3. The van der Waals surface area contributed by atoms with Gasteiger partial charge in [0.1, 0.15) is 6.34 Å². The Morgan fingerprint density at radius 2 is 2.14 bits per heavy atom. The molecule has 0 aromatic carbocycles. The van der Waals surface area contributed by atoms with E-state index in [1.54, 1.807) is 0 Å². The van der Waals surface area contributed by atoms with Crippen molar-refractivity contribution in [3.8, 4) is 0 Å². The smallest absolute Gasteiger partial charge is 0.152 e. The number of azo groups is 1. The average molecular weight is 99.1 g/mol. The van der Waals surface area contributed by atoms with Crippen LogP contribution in [-0.4, -0.2) is 13.0 Å². The van der Waals surface area contributed by atoms with Gasteiger partial charge in [-0.2, -0.15) is 5.11 Å². The van der Waals surface area contributed by atoms with Crippen LogP contribution in [0.2, 0.25) is 0 Å². The second-order valence-electron chi connectivity index (χ2n) is 0.696.